The van der Waals surface area contributed by atoms with Gasteiger partial charge in [0.15, 0.2) is 6.61 Å². The molecule has 1 atom stereocenters. The van der Waals surface area contributed by atoms with Crippen molar-refractivity contribution in [3.05, 3.63) is 63.1 Å². The molecule has 1 saturated carbocycles. The quantitative estimate of drug-likeness (QED) is 0.431. The summed E-state index contributed by atoms with van der Waals surface area (Å²) in [4.78, 5) is 28.1. The van der Waals surface area contributed by atoms with Crippen LogP contribution in [0, 0.1) is 0 Å². The van der Waals surface area contributed by atoms with Crippen molar-refractivity contribution in [2.45, 2.75) is 64.1 Å². The molecule has 5 nitrogen and oxygen atoms in total. The molecule has 0 aliphatic heterocycles. The maximum absolute atomic E-state index is 13.3. The summed E-state index contributed by atoms with van der Waals surface area (Å²) >= 11 is 18.1. The van der Waals surface area contributed by atoms with Crippen molar-refractivity contribution in [2.24, 2.45) is 0 Å². The van der Waals surface area contributed by atoms with Crippen molar-refractivity contribution in [3.8, 4) is 5.75 Å². The maximum Gasteiger partial charge on any atom is 0.261 e. The smallest absolute Gasteiger partial charge is 0.261 e. The molecule has 1 N–H and O–H groups in total. The topological polar surface area (TPSA) is 58.6 Å². The maximum atomic E-state index is 13.3. The molecule has 1 fully saturated rings. The lowest BCUT2D eigenvalue weighted by molar-refractivity contribution is -0.143. The van der Waals surface area contributed by atoms with Crippen LogP contribution in [-0.4, -0.2) is 35.4 Å². The van der Waals surface area contributed by atoms with Crippen LogP contribution in [0.25, 0.3) is 0 Å². The zero-order valence-electron chi connectivity index (χ0n) is 18.7. The Balaban J connectivity index is 1.76. The standard InChI is InChI=1S/C25H29Cl3N2O3/c1-2-22(25(32)29-20-6-4-3-5-7-20)30(15-17-8-10-18(26)11-9-17)24(31)16-33-23-13-12-19(27)14-21(23)28/h8-14,20,22H,2-7,15-16H2,1H3,(H,29,32)/t22-/m1/s1. The molecular formula is C25H29Cl3N2O3. The van der Waals surface area contributed by atoms with E-state index >= 15 is 0 Å². The third-order valence-electron chi connectivity index (χ3n) is 5.85. The van der Waals surface area contributed by atoms with E-state index in [9.17, 15) is 9.59 Å². The summed E-state index contributed by atoms with van der Waals surface area (Å²) in [6, 6.07) is 11.6. The monoisotopic (exact) mass is 510 g/mol. The molecule has 178 valence electrons. The number of rotatable bonds is 9. The fourth-order valence-corrected chi connectivity index (χ4v) is 4.65. The number of carbonyl (C=O) groups is 2. The van der Waals surface area contributed by atoms with Crippen LogP contribution in [0.2, 0.25) is 15.1 Å². The Hall–Kier alpha value is -1.95. The molecule has 3 rings (SSSR count). The summed E-state index contributed by atoms with van der Waals surface area (Å²) in [5, 5.41) is 4.57. The molecule has 1 aliphatic carbocycles. The normalized spacial score (nSPS) is 15.0. The number of hydrogen-bond donors (Lipinski definition) is 1. The molecule has 0 radical (unpaired) electrons. The number of amides is 2. The lowest BCUT2D eigenvalue weighted by Gasteiger charge is -2.32. The molecular weight excluding hydrogens is 483 g/mol. The second kappa shape index (κ2) is 12.5. The first-order valence-corrected chi connectivity index (χ1v) is 12.4. The van der Waals surface area contributed by atoms with Gasteiger partial charge in [-0.15, -0.1) is 0 Å². The molecule has 0 spiro atoms. The van der Waals surface area contributed by atoms with Crippen molar-refractivity contribution in [1.29, 1.82) is 0 Å². The highest BCUT2D eigenvalue weighted by Gasteiger charge is 2.30. The van der Waals surface area contributed by atoms with Crippen LogP contribution in [0.4, 0.5) is 0 Å². The van der Waals surface area contributed by atoms with Gasteiger partial charge in [0, 0.05) is 22.6 Å². The first-order chi connectivity index (χ1) is 15.9. The van der Waals surface area contributed by atoms with Crippen LogP contribution in [0.15, 0.2) is 42.5 Å². The van der Waals surface area contributed by atoms with Crippen LogP contribution in [-0.2, 0) is 16.1 Å². The van der Waals surface area contributed by atoms with Gasteiger partial charge in [-0.2, -0.15) is 0 Å². The van der Waals surface area contributed by atoms with Gasteiger partial charge in [0.25, 0.3) is 5.91 Å². The number of ether oxygens (including phenoxy) is 1. The fourth-order valence-electron chi connectivity index (χ4n) is 4.06. The number of halogens is 3. The van der Waals surface area contributed by atoms with Gasteiger partial charge in [-0.3, -0.25) is 9.59 Å². The Morgan fingerprint density at radius 3 is 2.33 bits per heavy atom. The summed E-state index contributed by atoms with van der Waals surface area (Å²) < 4.78 is 5.68. The third-order valence-corrected chi connectivity index (χ3v) is 6.63. The number of nitrogens with one attached hydrogen (secondary N) is 1. The van der Waals surface area contributed by atoms with E-state index in [1.54, 1.807) is 35.2 Å². The minimum atomic E-state index is -0.612. The van der Waals surface area contributed by atoms with Gasteiger partial charge in [-0.1, -0.05) is 73.1 Å². The Bertz CT molecular complexity index is 946. The van der Waals surface area contributed by atoms with Crippen LogP contribution in [0.3, 0.4) is 0 Å². The predicted octanol–water partition coefficient (Wildman–Crippen LogP) is 6.28. The Kier molecular flexibility index (Phi) is 9.72. The second-order valence-electron chi connectivity index (χ2n) is 8.28. The Morgan fingerprint density at radius 2 is 1.70 bits per heavy atom. The van der Waals surface area contributed by atoms with Crippen molar-refractivity contribution in [3.63, 3.8) is 0 Å². The van der Waals surface area contributed by atoms with E-state index < -0.39 is 6.04 Å². The number of carbonyl (C=O) groups excluding carboxylic acids is 2. The highest BCUT2D eigenvalue weighted by Crippen LogP contribution is 2.28. The summed E-state index contributed by atoms with van der Waals surface area (Å²) in [5.41, 5.74) is 0.876. The van der Waals surface area contributed by atoms with Crippen LogP contribution < -0.4 is 10.1 Å². The highest BCUT2D eigenvalue weighted by atomic mass is 35.5. The average Bonchev–Trinajstić information content (AvgIpc) is 2.80. The van der Waals surface area contributed by atoms with Crippen LogP contribution in [0.1, 0.15) is 51.0 Å². The Labute approximate surface area is 210 Å². The van der Waals surface area contributed by atoms with E-state index in [1.165, 1.54) is 6.42 Å². The molecule has 0 saturated heterocycles. The molecule has 0 unspecified atom stereocenters. The third kappa shape index (κ3) is 7.53. The van der Waals surface area contributed by atoms with Crippen LogP contribution >= 0.6 is 34.8 Å². The van der Waals surface area contributed by atoms with E-state index in [2.05, 4.69) is 5.32 Å². The minimum absolute atomic E-state index is 0.128. The molecule has 0 aromatic heterocycles. The Morgan fingerprint density at radius 1 is 1.03 bits per heavy atom. The fraction of sp³-hybridized carbons (Fsp3) is 0.440. The van der Waals surface area contributed by atoms with E-state index in [0.29, 0.717) is 27.2 Å². The molecule has 33 heavy (non-hydrogen) atoms. The lowest BCUT2D eigenvalue weighted by Crippen LogP contribution is -2.52. The first-order valence-electron chi connectivity index (χ1n) is 11.3. The molecule has 8 heteroatoms. The second-order valence-corrected chi connectivity index (χ2v) is 9.56. The van der Waals surface area contributed by atoms with Crippen molar-refractivity contribution in [2.75, 3.05) is 6.61 Å². The molecule has 0 bridgehead atoms. The van der Waals surface area contributed by atoms with Gasteiger partial charge in [-0.05, 0) is 55.2 Å². The van der Waals surface area contributed by atoms with Gasteiger partial charge in [-0.25, -0.2) is 0 Å². The molecule has 1 aliphatic rings. The summed E-state index contributed by atoms with van der Waals surface area (Å²) in [5.74, 6) is -0.0709. The van der Waals surface area contributed by atoms with Gasteiger partial charge in [0.1, 0.15) is 11.8 Å². The summed E-state index contributed by atoms with van der Waals surface area (Å²) in [6.45, 7) is 1.93. The zero-order chi connectivity index (χ0) is 23.8. The zero-order valence-corrected chi connectivity index (χ0v) is 20.9. The minimum Gasteiger partial charge on any atom is -0.482 e. The molecule has 2 amide bonds. The van der Waals surface area contributed by atoms with Gasteiger partial charge in [0.05, 0.1) is 5.02 Å². The summed E-state index contributed by atoms with van der Waals surface area (Å²) in [6.07, 6.45) is 5.88. The van der Waals surface area contributed by atoms with Crippen molar-refractivity contribution in [1.82, 2.24) is 10.2 Å². The van der Waals surface area contributed by atoms with Gasteiger partial charge in [0.2, 0.25) is 5.91 Å². The number of nitrogens with zero attached hydrogens (tertiary/aromatic N) is 1. The molecule has 2 aromatic carbocycles. The number of benzene rings is 2. The van der Waals surface area contributed by atoms with E-state index in [1.807, 2.05) is 19.1 Å². The van der Waals surface area contributed by atoms with Crippen LogP contribution in [0.5, 0.6) is 5.75 Å². The SMILES string of the molecule is CC[C@H](C(=O)NC1CCCCC1)N(Cc1ccc(Cl)cc1)C(=O)COc1ccc(Cl)cc1Cl. The largest absolute Gasteiger partial charge is 0.482 e. The van der Waals surface area contributed by atoms with E-state index in [-0.39, 0.29) is 31.0 Å². The van der Waals surface area contributed by atoms with Crippen molar-refractivity contribution >= 4 is 46.6 Å². The van der Waals surface area contributed by atoms with Crippen molar-refractivity contribution < 1.29 is 14.3 Å². The van der Waals surface area contributed by atoms with E-state index in [0.717, 1.165) is 31.2 Å². The highest BCUT2D eigenvalue weighted by molar-refractivity contribution is 6.35. The number of hydrogen-bond acceptors (Lipinski definition) is 3. The van der Waals surface area contributed by atoms with Gasteiger partial charge >= 0.3 is 0 Å². The first kappa shape index (κ1) is 25.7. The lowest BCUT2D eigenvalue weighted by atomic mass is 9.95. The predicted molar refractivity (Wildman–Crippen MR) is 133 cm³/mol. The molecule has 0 heterocycles. The molecule has 2 aromatic rings. The average molecular weight is 512 g/mol. The summed E-state index contributed by atoms with van der Waals surface area (Å²) in [7, 11) is 0. The van der Waals surface area contributed by atoms with E-state index in [4.69, 9.17) is 39.5 Å². The van der Waals surface area contributed by atoms with Gasteiger partial charge < -0.3 is 15.0 Å².